The lowest BCUT2D eigenvalue weighted by Crippen LogP contribution is -2.44. The summed E-state index contributed by atoms with van der Waals surface area (Å²) in [5.74, 6) is 0.507. The molecule has 1 saturated heterocycles. The van der Waals surface area contributed by atoms with Crippen molar-refractivity contribution in [1.29, 1.82) is 0 Å². The van der Waals surface area contributed by atoms with Crippen LogP contribution in [0.4, 0.5) is 5.69 Å². The van der Waals surface area contributed by atoms with E-state index in [2.05, 4.69) is 56.6 Å². The molecule has 1 fully saturated rings. The first-order valence-electron chi connectivity index (χ1n) is 9.72. The summed E-state index contributed by atoms with van der Waals surface area (Å²) < 4.78 is 1.26. The van der Waals surface area contributed by atoms with Gasteiger partial charge in [0.05, 0.1) is 15.9 Å². The number of thiophene rings is 1. The van der Waals surface area contributed by atoms with Gasteiger partial charge in [-0.1, -0.05) is 24.3 Å². The van der Waals surface area contributed by atoms with Crippen molar-refractivity contribution < 1.29 is 4.79 Å². The molecule has 0 N–H and O–H groups in total. The number of rotatable bonds is 2. The summed E-state index contributed by atoms with van der Waals surface area (Å²) in [4.78, 5) is 22.0. The van der Waals surface area contributed by atoms with E-state index in [0.29, 0.717) is 5.91 Å². The quantitative estimate of drug-likeness (QED) is 0.675. The fourth-order valence-electron chi connectivity index (χ4n) is 4.42. The lowest BCUT2D eigenvalue weighted by molar-refractivity contribution is -0.137. The molecule has 5 heteroatoms. The second-order valence-electron chi connectivity index (χ2n) is 7.50. The molecule has 0 saturated carbocycles. The molecule has 0 radical (unpaired) electrons. The number of anilines is 1. The van der Waals surface area contributed by atoms with Gasteiger partial charge in [0.15, 0.2) is 0 Å². The van der Waals surface area contributed by atoms with Crippen molar-refractivity contribution in [3.63, 3.8) is 0 Å². The molecule has 0 bridgehead atoms. The van der Waals surface area contributed by atoms with Crippen LogP contribution in [-0.2, 0) is 17.8 Å². The third kappa shape index (κ3) is 3.10. The van der Waals surface area contributed by atoms with Crippen LogP contribution in [0.5, 0.6) is 0 Å². The molecule has 0 unspecified atom stereocenters. The van der Waals surface area contributed by atoms with E-state index in [1.807, 2.05) is 6.20 Å². The Bertz CT molecular complexity index is 974. The molecular weight excluding hydrogens is 354 g/mol. The summed E-state index contributed by atoms with van der Waals surface area (Å²) in [7, 11) is 0. The highest BCUT2D eigenvalue weighted by molar-refractivity contribution is 7.17. The van der Waals surface area contributed by atoms with Crippen molar-refractivity contribution >= 4 is 33.1 Å². The second kappa shape index (κ2) is 6.97. The Labute approximate surface area is 163 Å². The van der Waals surface area contributed by atoms with Crippen LogP contribution in [-0.4, -0.2) is 35.4 Å². The van der Waals surface area contributed by atoms with Gasteiger partial charge in [0.1, 0.15) is 0 Å². The smallest absolute Gasteiger partial charge is 0.226 e. The number of pyridine rings is 1. The van der Waals surface area contributed by atoms with Crippen LogP contribution >= 0.6 is 11.3 Å². The van der Waals surface area contributed by atoms with Crippen molar-refractivity contribution in [2.45, 2.75) is 25.8 Å². The Kier molecular flexibility index (Phi) is 4.32. The van der Waals surface area contributed by atoms with Crippen LogP contribution < -0.4 is 4.90 Å². The highest BCUT2D eigenvalue weighted by atomic mass is 32.1. The molecule has 5 rings (SSSR count). The highest BCUT2D eigenvalue weighted by Crippen LogP contribution is 2.33. The normalized spacial score (nSPS) is 17.9. The van der Waals surface area contributed by atoms with Crippen molar-refractivity contribution in [3.8, 4) is 0 Å². The summed E-state index contributed by atoms with van der Waals surface area (Å²) in [6.45, 7) is 3.52. The molecule has 2 aliphatic rings. The first-order valence-corrected chi connectivity index (χ1v) is 10.6. The minimum absolute atomic E-state index is 0.159. The van der Waals surface area contributed by atoms with E-state index in [4.69, 9.17) is 0 Å². The number of hydrogen-bond donors (Lipinski definition) is 0. The van der Waals surface area contributed by atoms with Gasteiger partial charge in [-0.2, -0.15) is 0 Å². The molecule has 4 heterocycles. The standard InChI is InChI=1S/C22H23N3OS/c26-22(25-13-6-16-3-1-2-4-18(16)15-25)17-7-11-24(12-8-17)20-5-10-23-19-9-14-27-21(19)20/h1-5,9-10,14,17H,6-8,11-13,15H2. The van der Waals surface area contributed by atoms with Gasteiger partial charge in [0.25, 0.3) is 0 Å². The van der Waals surface area contributed by atoms with Gasteiger partial charge in [0, 0.05) is 38.3 Å². The zero-order valence-corrected chi connectivity index (χ0v) is 16.1. The number of nitrogens with zero attached hydrogens (tertiary/aromatic N) is 3. The lowest BCUT2D eigenvalue weighted by Gasteiger charge is -2.37. The van der Waals surface area contributed by atoms with E-state index in [9.17, 15) is 4.79 Å². The van der Waals surface area contributed by atoms with Crippen LogP contribution in [0.25, 0.3) is 10.2 Å². The predicted molar refractivity (Wildman–Crippen MR) is 110 cm³/mol. The Hall–Kier alpha value is -2.40. The van der Waals surface area contributed by atoms with Crippen molar-refractivity contribution in [3.05, 3.63) is 59.1 Å². The van der Waals surface area contributed by atoms with Crippen LogP contribution in [0.1, 0.15) is 24.0 Å². The summed E-state index contributed by atoms with van der Waals surface area (Å²) >= 11 is 1.75. The third-order valence-electron chi connectivity index (χ3n) is 5.95. The van der Waals surface area contributed by atoms with E-state index < -0.39 is 0 Å². The molecular formula is C22H23N3OS. The molecule has 138 valence electrons. The molecule has 1 amide bonds. The summed E-state index contributed by atoms with van der Waals surface area (Å²) in [5, 5.41) is 2.10. The summed E-state index contributed by atoms with van der Waals surface area (Å²) in [5.41, 5.74) is 5.05. The van der Waals surface area contributed by atoms with Gasteiger partial charge in [0.2, 0.25) is 5.91 Å². The number of hydrogen-bond acceptors (Lipinski definition) is 4. The average molecular weight is 378 g/mol. The van der Waals surface area contributed by atoms with Crippen LogP contribution in [0.3, 0.4) is 0 Å². The molecule has 0 atom stereocenters. The van der Waals surface area contributed by atoms with E-state index in [0.717, 1.165) is 51.0 Å². The van der Waals surface area contributed by atoms with Crippen molar-refractivity contribution in [2.24, 2.45) is 5.92 Å². The predicted octanol–water partition coefficient (Wildman–Crippen LogP) is 4.10. The average Bonchev–Trinajstić information content (AvgIpc) is 3.22. The van der Waals surface area contributed by atoms with E-state index in [1.165, 1.54) is 21.5 Å². The first kappa shape index (κ1) is 16.8. The van der Waals surface area contributed by atoms with Gasteiger partial charge >= 0.3 is 0 Å². The number of fused-ring (bicyclic) bond motifs is 2. The molecule has 3 aromatic rings. The Morgan fingerprint density at radius 3 is 2.70 bits per heavy atom. The Morgan fingerprint density at radius 1 is 1.04 bits per heavy atom. The molecule has 27 heavy (non-hydrogen) atoms. The van der Waals surface area contributed by atoms with Crippen molar-refractivity contribution in [1.82, 2.24) is 9.88 Å². The molecule has 0 aliphatic carbocycles. The van der Waals surface area contributed by atoms with E-state index in [1.54, 1.807) is 11.3 Å². The maximum absolute atomic E-state index is 13.1. The maximum atomic E-state index is 13.1. The second-order valence-corrected chi connectivity index (χ2v) is 8.42. The monoisotopic (exact) mass is 377 g/mol. The number of amides is 1. The number of carbonyl (C=O) groups excluding carboxylic acids is 1. The largest absolute Gasteiger partial charge is 0.370 e. The van der Waals surface area contributed by atoms with E-state index in [-0.39, 0.29) is 5.92 Å². The molecule has 4 nitrogen and oxygen atoms in total. The molecule has 2 aliphatic heterocycles. The van der Waals surface area contributed by atoms with Crippen LogP contribution in [0.15, 0.2) is 48.0 Å². The summed E-state index contributed by atoms with van der Waals surface area (Å²) in [6.07, 6.45) is 4.75. The van der Waals surface area contributed by atoms with Gasteiger partial charge in [-0.3, -0.25) is 9.78 Å². The minimum atomic E-state index is 0.159. The summed E-state index contributed by atoms with van der Waals surface area (Å²) in [6, 6.07) is 12.7. The van der Waals surface area contributed by atoms with Gasteiger partial charge in [-0.15, -0.1) is 11.3 Å². The number of aromatic nitrogens is 1. The van der Waals surface area contributed by atoms with Gasteiger partial charge in [-0.05, 0) is 47.9 Å². The minimum Gasteiger partial charge on any atom is -0.370 e. The Balaban J connectivity index is 1.26. The maximum Gasteiger partial charge on any atom is 0.226 e. The fraction of sp³-hybridized carbons (Fsp3) is 0.364. The number of piperidine rings is 1. The topological polar surface area (TPSA) is 36.4 Å². The Morgan fingerprint density at radius 2 is 1.85 bits per heavy atom. The number of carbonyl (C=O) groups is 1. The number of benzene rings is 1. The third-order valence-corrected chi connectivity index (χ3v) is 6.88. The highest BCUT2D eigenvalue weighted by Gasteiger charge is 2.30. The van der Waals surface area contributed by atoms with Gasteiger partial charge < -0.3 is 9.80 Å². The van der Waals surface area contributed by atoms with Crippen molar-refractivity contribution in [2.75, 3.05) is 24.5 Å². The van der Waals surface area contributed by atoms with Crippen LogP contribution in [0.2, 0.25) is 0 Å². The zero-order valence-electron chi connectivity index (χ0n) is 15.3. The van der Waals surface area contributed by atoms with E-state index >= 15 is 0 Å². The van der Waals surface area contributed by atoms with Gasteiger partial charge in [-0.25, -0.2) is 0 Å². The molecule has 1 aromatic carbocycles. The first-order chi connectivity index (χ1) is 13.3. The SMILES string of the molecule is O=C(C1CCN(c2ccnc3ccsc23)CC1)N1CCc2ccccc2C1. The zero-order chi connectivity index (χ0) is 18.2. The fourth-order valence-corrected chi connectivity index (χ4v) is 5.31. The van der Waals surface area contributed by atoms with Crippen LogP contribution in [0, 0.1) is 5.92 Å². The molecule has 2 aromatic heterocycles. The lowest BCUT2D eigenvalue weighted by atomic mass is 9.93. The molecule has 0 spiro atoms.